The molecule has 2 nitrogen and oxygen atoms in total. The lowest BCUT2D eigenvalue weighted by Crippen LogP contribution is -2.42. The number of likely N-dealkylation sites (tertiary alicyclic amines) is 1. The van der Waals surface area contributed by atoms with E-state index in [1.807, 2.05) is 0 Å². The van der Waals surface area contributed by atoms with Crippen LogP contribution in [0.2, 0.25) is 0 Å². The molecule has 2 aliphatic rings. The van der Waals surface area contributed by atoms with Gasteiger partial charge >= 0.3 is 0 Å². The van der Waals surface area contributed by atoms with Gasteiger partial charge in [0.05, 0.1) is 0 Å². The van der Waals surface area contributed by atoms with E-state index in [1.54, 1.807) is 6.92 Å². The van der Waals surface area contributed by atoms with Gasteiger partial charge in [0, 0.05) is 13.0 Å². The Morgan fingerprint density at radius 2 is 1.94 bits per heavy atom. The zero-order valence-electron chi connectivity index (χ0n) is 10.6. The fourth-order valence-electron chi connectivity index (χ4n) is 3.43. The first-order chi connectivity index (χ1) is 7.75. The van der Waals surface area contributed by atoms with E-state index < -0.39 is 0 Å². The van der Waals surface area contributed by atoms with Crippen LogP contribution >= 0.6 is 0 Å². The van der Waals surface area contributed by atoms with Crippen LogP contribution in [0, 0.1) is 11.8 Å². The number of ketones is 1. The lowest BCUT2D eigenvalue weighted by molar-refractivity contribution is -0.117. The second kappa shape index (κ2) is 5.81. The molecule has 0 spiro atoms. The molecule has 1 aliphatic heterocycles. The van der Waals surface area contributed by atoms with Gasteiger partial charge in [0.2, 0.25) is 0 Å². The van der Waals surface area contributed by atoms with Gasteiger partial charge in [0.1, 0.15) is 5.78 Å². The molecule has 0 aromatic heterocycles. The second-order valence-corrected chi connectivity index (χ2v) is 5.70. The average molecular weight is 223 g/mol. The molecule has 0 aromatic rings. The number of carbonyl (C=O) groups is 1. The molecule has 16 heavy (non-hydrogen) atoms. The highest BCUT2D eigenvalue weighted by Crippen LogP contribution is 2.35. The molecular formula is C14H25NO. The van der Waals surface area contributed by atoms with Crippen LogP contribution in [0.5, 0.6) is 0 Å². The van der Waals surface area contributed by atoms with Crippen molar-refractivity contribution >= 4 is 5.78 Å². The van der Waals surface area contributed by atoms with Crippen molar-refractivity contribution in [1.82, 2.24) is 4.90 Å². The van der Waals surface area contributed by atoms with Gasteiger partial charge in [0.25, 0.3) is 0 Å². The van der Waals surface area contributed by atoms with E-state index in [9.17, 15) is 4.79 Å². The Bertz CT molecular complexity index is 239. The van der Waals surface area contributed by atoms with Crippen molar-refractivity contribution in [3.8, 4) is 0 Å². The number of rotatable bonds is 4. The van der Waals surface area contributed by atoms with Gasteiger partial charge in [-0.1, -0.05) is 19.3 Å². The Kier molecular flexibility index (Phi) is 4.39. The molecule has 0 bridgehead atoms. The summed E-state index contributed by atoms with van der Waals surface area (Å²) in [6, 6.07) is 0. The maximum atomic E-state index is 10.9. The summed E-state index contributed by atoms with van der Waals surface area (Å²) < 4.78 is 0. The minimum Gasteiger partial charge on any atom is -0.303 e. The first-order valence-electron chi connectivity index (χ1n) is 6.97. The molecular weight excluding hydrogens is 198 g/mol. The first kappa shape index (κ1) is 12.1. The minimum atomic E-state index is 0.340. The fraction of sp³-hybridized carbons (Fsp3) is 0.929. The van der Waals surface area contributed by atoms with Crippen molar-refractivity contribution in [1.29, 1.82) is 0 Å². The minimum absolute atomic E-state index is 0.340. The maximum absolute atomic E-state index is 10.9. The Labute approximate surface area is 99.4 Å². The molecule has 1 heterocycles. The van der Waals surface area contributed by atoms with Crippen molar-refractivity contribution in [2.45, 2.75) is 51.9 Å². The molecule has 0 N–H and O–H groups in total. The topological polar surface area (TPSA) is 20.3 Å². The van der Waals surface area contributed by atoms with Crippen molar-refractivity contribution in [2.24, 2.45) is 11.8 Å². The molecule has 0 aromatic carbocycles. The van der Waals surface area contributed by atoms with Crippen LogP contribution in [-0.4, -0.2) is 30.3 Å². The Balaban J connectivity index is 1.70. The number of nitrogens with zero attached hydrogens (tertiary/aromatic N) is 1. The molecule has 2 heteroatoms. The molecule has 0 radical (unpaired) electrons. The van der Waals surface area contributed by atoms with Gasteiger partial charge in [-0.2, -0.15) is 0 Å². The lowest BCUT2D eigenvalue weighted by Gasteiger charge is -2.41. The number of hydrogen-bond acceptors (Lipinski definition) is 2. The summed E-state index contributed by atoms with van der Waals surface area (Å²) in [5.74, 6) is 2.34. The van der Waals surface area contributed by atoms with Crippen LogP contribution in [0.15, 0.2) is 0 Å². The lowest BCUT2D eigenvalue weighted by atomic mass is 9.75. The number of Topliss-reactive ketones (excluding diaryl/α,β-unsaturated/α-hetero) is 1. The summed E-state index contributed by atoms with van der Waals surface area (Å²) in [5.41, 5.74) is 0. The number of hydrogen-bond donors (Lipinski definition) is 0. The molecule has 92 valence electrons. The van der Waals surface area contributed by atoms with E-state index in [2.05, 4.69) is 4.90 Å². The van der Waals surface area contributed by atoms with Crippen LogP contribution in [0.25, 0.3) is 0 Å². The Morgan fingerprint density at radius 1 is 1.19 bits per heavy atom. The van der Waals surface area contributed by atoms with Crippen LogP contribution in [0.4, 0.5) is 0 Å². The summed E-state index contributed by atoms with van der Waals surface area (Å²) in [5, 5.41) is 0. The van der Waals surface area contributed by atoms with Crippen LogP contribution in [0.1, 0.15) is 51.9 Å². The molecule has 2 rings (SSSR count). The van der Waals surface area contributed by atoms with Crippen molar-refractivity contribution in [2.75, 3.05) is 19.6 Å². The maximum Gasteiger partial charge on any atom is 0.129 e. The summed E-state index contributed by atoms with van der Waals surface area (Å²) in [6.45, 7) is 5.43. The molecule has 2 unspecified atom stereocenters. The first-order valence-corrected chi connectivity index (χ1v) is 6.97. The Hall–Kier alpha value is -0.370. The quantitative estimate of drug-likeness (QED) is 0.730. The van der Waals surface area contributed by atoms with E-state index in [0.717, 1.165) is 31.2 Å². The van der Waals surface area contributed by atoms with E-state index in [4.69, 9.17) is 0 Å². The van der Waals surface area contributed by atoms with Gasteiger partial charge in [-0.25, -0.2) is 0 Å². The smallest absolute Gasteiger partial charge is 0.129 e. The SMILES string of the molecule is CC(=O)CCCN1CCC2CCCCC2C1. The third kappa shape index (κ3) is 3.31. The summed E-state index contributed by atoms with van der Waals surface area (Å²) in [4.78, 5) is 13.5. The third-order valence-corrected chi connectivity index (χ3v) is 4.38. The molecule has 2 fully saturated rings. The summed E-state index contributed by atoms with van der Waals surface area (Å²) >= 11 is 0. The van der Waals surface area contributed by atoms with E-state index in [-0.39, 0.29) is 0 Å². The zero-order chi connectivity index (χ0) is 11.4. The largest absolute Gasteiger partial charge is 0.303 e. The highest BCUT2D eigenvalue weighted by Gasteiger charge is 2.30. The summed E-state index contributed by atoms with van der Waals surface area (Å²) in [7, 11) is 0. The monoisotopic (exact) mass is 223 g/mol. The number of piperidine rings is 1. The molecule has 2 atom stereocenters. The molecule has 1 saturated heterocycles. The van der Waals surface area contributed by atoms with Gasteiger partial charge < -0.3 is 9.69 Å². The van der Waals surface area contributed by atoms with Crippen LogP contribution in [-0.2, 0) is 4.79 Å². The summed E-state index contributed by atoms with van der Waals surface area (Å²) in [6.07, 6.45) is 9.08. The van der Waals surface area contributed by atoms with Crippen LogP contribution < -0.4 is 0 Å². The average Bonchev–Trinajstić information content (AvgIpc) is 2.28. The van der Waals surface area contributed by atoms with E-state index in [0.29, 0.717) is 5.78 Å². The normalized spacial score (nSPS) is 31.1. The fourth-order valence-corrected chi connectivity index (χ4v) is 3.43. The molecule has 1 saturated carbocycles. The molecule has 1 aliphatic carbocycles. The Morgan fingerprint density at radius 3 is 2.69 bits per heavy atom. The van der Waals surface area contributed by atoms with E-state index in [1.165, 1.54) is 45.2 Å². The number of carbonyl (C=O) groups excluding carboxylic acids is 1. The van der Waals surface area contributed by atoms with Gasteiger partial charge in [-0.05, 0) is 51.1 Å². The van der Waals surface area contributed by atoms with E-state index >= 15 is 0 Å². The van der Waals surface area contributed by atoms with Gasteiger partial charge in [0.15, 0.2) is 0 Å². The van der Waals surface area contributed by atoms with Crippen molar-refractivity contribution in [3.05, 3.63) is 0 Å². The number of fused-ring (bicyclic) bond motifs is 1. The standard InChI is InChI=1S/C14H25NO/c1-12(16)5-4-9-15-10-8-13-6-2-3-7-14(13)11-15/h13-14H,2-11H2,1H3. The van der Waals surface area contributed by atoms with Crippen molar-refractivity contribution < 1.29 is 4.79 Å². The van der Waals surface area contributed by atoms with Crippen LogP contribution in [0.3, 0.4) is 0 Å². The van der Waals surface area contributed by atoms with Gasteiger partial charge in [-0.15, -0.1) is 0 Å². The third-order valence-electron chi connectivity index (χ3n) is 4.38. The van der Waals surface area contributed by atoms with Gasteiger partial charge in [-0.3, -0.25) is 0 Å². The predicted octanol–water partition coefficient (Wildman–Crippen LogP) is 2.87. The zero-order valence-corrected chi connectivity index (χ0v) is 10.6. The molecule has 0 amide bonds. The van der Waals surface area contributed by atoms with Crippen molar-refractivity contribution in [3.63, 3.8) is 0 Å². The second-order valence-electron chi connectivity index (χ2n) is 5.70. The predicted molar refractivity (Wildman–Crippen MR) is 66.4 cm³/mol. The highest BCUT2D eigenvalue weighted by molar-refractivity contribution is 5.75. The highest BCUT2D eigenvalue weighted by atomic mass is 16.1.